The van der Waals surface area contributed by atoms with E-state index in [1.807, 2.05) is 6.92 Å². The lowest BCUT2D eigenvalue weighted by Crippen LogP contribution is -2.33. The van der Waals surface area contributed by atoms with Crippen LogP contribution in [-0.4, -0.2) is 25.0 Å². The van der Waals surface area contributed by atoms with Gasteiger partial charge in [-0.2, -0.15) is 0 Å². The van der Waals surface area contributed by atoms with Gasteiger partial charge < -0.3 is 20.5 Å². The van der Waals surface area contributed by atoms with E-state index in [1.54, 1.807) is 55.6 Å². The number of rotatable bonds is 7. The SMILES string of the molecule is CCC(Oc1cccc(OC)c1)C(=O)Nc1ccccc1C(N)=O. The number of amides is 2. The maximum atomic E-state index is 12.5. The lowest BCUT2D eigenvalue weighted by Gasteiger charge is -2.18. The van der Waals surface area contributed by atoms with Gasteiger partial charge in [-0.3, -0.25) is 9.59 Å². The fourth-order valence-corrected chi connectivity index (χ4v) is 2.18. The van der Waals surface area contributed by atoms with Gasteiger partial charge in [0.2, 0.25) is 0 Å². The molecule has 0 aliphatic heterocycles. The van der Waals surface area contributed by atoms with Gasteiger partial charge in [0.1, 0.15) is 11.5 Å². The second kappa shape index (κ2) is 8.01. The second-order valence-electron chi connectivity index (χ2n) is 5.09. The van der Waals surface area contributed by atoms with E-state index in [1.165, 1.54) is 0 Å². The standard InChI is InChI=1S/C18H20N2O4/c1-3-16(24-13-8-6-7-12(11-13)23-2)18(22)20-15-10-5-4-9-14(15)17(19)21/h4-11,16H,3H2,1-2H3,(H2,19,21)(H,20,22). The highest BCUT2D eigenvalue weighted by atomic mass is 16.5. The van der Waals surface area contributed by atoms with Crippen molar-refractivity contribution >= 4 is 17.5 Å². The first-order chi connectivity index (χ1) is 11.5. The highest BCUT2D eigenvalue weighted by Gasteiger charge is 2.20. The third-order valence-electron chi connectivity index (χ3n) is 3.43. The van der Waals surface area contributed by atoms with Gasteiger partial charge in [0.25, 0.3) is 11.8 Å². The Kier molecular flexibility index (Phi) is 5.78. The highest BCUT2D eigenvalue weighted by Crippen LogP contribution is 2.21. The summed E-state index contributed by atoms with van der Waals surface area (Å²) in [5, 5.41) is 2.70. The highest BCUT2D eigenvalue weighted by molar-refractivity contribution is 6.04. The first-order valence-electron chi connectivity index (χ1n) is 7.55. The lowest BCUT2D eigenvalue weighted by molar-refractivity contribution is -0.122. The maximum Gasteiger partial charge on any atom is 0.265 e. The summed E-state index contributed by atoms with van der Waals surface area (Å²) in [6, 6.07) is 13.6. The summed E-state index contributed by atoms with van der Waals surface area (Å²) < 4.78 is 10.9. The van der Waals surface area contributed by atoms with E-state index in [0.29, 0.717) is 23.6 Å². The number of anilines is 1. The Morgan fingerprint density at radius 3 is 2.50 bits per heavy atom. The number of methoxy groups -OCH3 is 1. The first kappa shape index (κ1) is 17.3. The molecule has 1 atom stereocenters. The van der Waals surface area contributed by atoms with Crippen LogP contribution in [0.25, 0.3) is 0 Å². The third-order valence-corrected chi connectivity index (χ3v) is 3.43. The molecule has 1 unspecified atom stereocenters. The fourth-order valence-electron chi connectivity index (χ4n) is 2.18. The molecule has 0 aromatic heterocycles. The number of carbonyl (C=O) groups is 2. The van der Waals surface area contributed by atoms with Gasteiger partial charge in [-0.1, -0.05) is 25.1 Å². The molecular weight excluding hydrogens is 308 g/mol. The van der Waals surface area contributed by atoms with Crippen LogP contribution in [-0.2, 0) is 4.79 Å². The molecule has 0 fully saturated rings. The van der Waals surface area contributed by atoms with E-state index in [0.717, 1.165) is 0 Å². The summed E-state index contributed by atoms with van der Waals surface area (Å²) in [4.78, 5) is 23.9. The van der Waals surface area contributed by atoms with E-state index in [2.05, 4.69) is 5.32 Å². The zero-order valence-electron chi connectivity index (χ0n) is 13.6. The molecule has 24 heavy (non-hydrogen) atoms. The van der Waals surface area contributed by atoms with Crippen LogP contribution in [0.4, 0.5) is 5.69 Å². The Hall–Kier alpha value is -3.02. The lowest BCUT2D eigenvalue weighted by atomic mass is 10.1. The number of hydrogen-bond acceptors (Lipinski definition) is 4. The molecule has 2 rings (SSSR count). The molecule has 0 bridgehead atoms. The quantitative estimate of drug-likeness (QED) is 0.817. The van der Waals surface area contributed by atoms with Crippen molar-refractivity contribution in [3.63, 3.8) is 0 Å². The van der Waals surface area contributed by atoms with Crippen LogP contribution in [0.3, 0.4) is 0 Å². The monoisotopic (exact) mass is 328 g/mol. The Bertz CT molecular complexity index is 730. The molecule has 0 saturated carbocycles. The van der Waals surface area contributed by atoms with Crippen molar-refractivity contribution in [2.24, 2.45) is 5.73 Å². The predicted octanol–water partition coefficient (Wildman–Crippen LogP) is 2.59. The largest absolute Gasteiger partial charge is 0.497 e. The van der Waals surface area contributed by atoms with Crippen LogP contribution < -0.4 is 20.5 Å². The maximum absolute atomic E-state index is 12.5. The van der Waals surface area contributed by atoms with E-state index in [4.69, 9.17) is 15.2 Å². The van der Waals surface area contributed by atoms with Crippen LogP contribution in [0, 0.1) is 0 Å². The summed E-state index contributed by atoms with van der Waals surface area (Å²) in [6.07, 6.45) is -0.250. The van der Waals surface area contributed by atoms with Crippen LogP contribution in [0.5, 0.6) is 11.5 Å². The van der Waals surface area contributed by atoms with Crippen molar-refractivity contribution in [3.05, 3.63) is 54.1 Å². The molecule has 6 heteroatoms. The smallest absolute Gasteiger partial charge is 0.265 e. The average Bonchev–Trinajstić information content (AvgIpc) is 2.60. The van der Waals surface area contributed by atoms with Crippen LogP contribution in [0.15, 0.2) is 48.5 Å². The molecule has 3 N–H and O–H groups in total. The Labute approximate surface area is 140 Å². The van der Waals surface area contributed by atoms with Gasteiger partial charge in [-0.15, -0.1) is 0 Å². The zero-order chi connectivity index (χ0) is 17.5. The summed E-state index contributed by atoms with van der Waals surface area (Å²) in [5.74, 6) is 0.211. The minimum atomic E-state index is -0.710. The summed E-state index contributed by atoms with van der Waals surface area (Å²) >= 11 is 0. The number of primary amides is 1. The van der Waals surface area contributed by atoms with E-state index in [9.17, 15) is 9.59 Å². The normalized spacial score (nSPS) is 11.4. The molecule has 126 valence electrons. The van der Waals surface area contributed by atoms with Crippen molar-refractivity contribution in [2.45, 2.75) is 19.4 Å². The topological polar surface area (TPSA) is 90.7 Å². The first-order valence-corrected chi connectivity index (χ1v) is 7.55. The number of nitrogens with one attached hydrogen (secondary N) is 1. The Morgan fingerprint density at radius 2 is 1.83 bits per heavy atom. The van der Waals surface area contributed by atoms with Crippen molar-refractivity contribution in [1.82, 2.24) is 0 Å². The van der Waals surface area contributed by atoms with Gasteiger partial charge in [-0.25, -0.2) is 0 Å². The van der Waals surface area contributed by atoms with Crippen molar-refractivity contribution < 1.29 is 19.1 Å². The molecule has 0 radical (unpaired) electrons. The minimum Gasteiger partial charge on any atom is -0.497 e. The Balaban J connectivity index is 2.13. The number of benzene rings is 2. The van der Waals surface area contributed by atoms with Gasteiger partial charge in [0.15, 0.2) is 6.10 Å². The fraction of sp³-hybridized carbons (Fsp3) is 0.222. The van der Waals surface area contributed by atoms with E-state index in [-0.39, 0.29) is 11.5 Å². The van der Waals surface area contributed by atoms with Crippen molar-refractivity contribution in [1.29, 1.82) is 0 Å². The molecule has 0 heterocycles. The second-order valence-corrected chi connectivity index (χ2v) is 5.09. The number of nitrogens with two attached hydrogens (primary N) is 1. The van der Waals surface area contributed by atoms with E-state index >= 15 is 0 Å². The zero-order valence-corrected chi connectivity index (χ0v) is 13.6. The van der Waals surface area contributed by atoms with Crippen LogP contribution >= 0.6 is 0 Å². The summed E-state index contributed by atoms with van der Waals surface area (Å²) in [5.41, 5.74) is 5.93. The minimum absolute atomic E-state index is 0.252. The van der Waals surface area contributed by atoms with Crippen molar-refractivity contribution in [3.8, 4) is 11.5 Å². The van der Waals surface area contributed by atoms with Gasteiger partial charge >= 0.3 is 0 Å². The number of carbonyl (C=O) groups excluding carboxylic acids is 2. The van der Waals surface area contributed by atoms with Crippen LogP contribution in [0.2, 0.25) is 0 Å². The molecule has 0 spiro atoms. The summed E-state index contributed by atoms with van der Waals surface area (Å²) in [7, 11) is 1.56. The predicted molar refractivity (Wildman–Crippen MR) is 91.3 cm³/mol. The summed E-state index contributed by atoms with van der Waals surface area (Å²) in [6.45, 7) is 1.84. The average molecular weight is 328 g/mol. The number of ether oxygens (including phenoxy) is 2. The van der Waals surface area contributed by atoms with Crippen LogP contribution in [0.1, 0.15) is 23.7 Å². The molecular formula is C18H20N2O4. The van der Waals surface area contributed by atoms with E-state index < -0.39 is 12.0 Å². The number of hydrogen-bond donors (Lipinski definition) is 2. The molecule has 0 saturated heterocycles. The molecule has 2 aromatic carbocycles. The number of para-hydroxylation sites is 1. The van der Waals surface area contributed by atoms with Gasteiger partial charge in [0, 0.05) is 6.07 Å². The molecule has 2 amide bonds. The molecule has 2 aromatic rings. The van der Waals surface area contributed by atoms with Gasteiger partial charge in [0.05, 0.1) is 18.4 Å². The molecule has 0 aliphatic carbocycles. The molecule has 0 aliphatic rings. The molecule has 6 nitrogen and oxygen atoms in total. The van der Waals surface area contributed by atoms with Gasteiger partial charge in [-0.05, 0) is 30.7 Å². The Morgan fingerprint density at radius 1 is 1.12 bits per heavy atom. The third kappa shape index (κ3) is 4.25. The van der Waals surface area contributed by atoms with Crippen molar-refractivity contribution in [2.75, 3.05) is 12.4 Å².